The maximum atomic E-state index is 13.1. The molecule has 0 unspecified atom stereocenters. The van der Waals surface area contributed by atoms with Crippen molar-refractivity contribution in [1.29, 1.82) is 0 Å². The molecule has 22 heavy (non-hydrogen) atoms. The number of pyridine rings is 1. The topological polar surface area (TPSA) is 37.3 Å². The molecule has 0 fully saturated rings. The van der Waals surface area contributed by atoms with Crippen LogP contribution in [0.1, 0.15) is 16.8 Å². The second kappa shape index (κ2) is 5.93. The Kier molecular flexibility index (Phi) is 3.83. The zero-order valence-electron chi connectivity index (χ0n) is 12.5. The molecule has 1 heterocycles. The van der Waals surface area contributed by atoms with Gasteiger partial charge < -0.3 is 0 Å². The summed E-state index contributed by atoms with van der Waals surface area (Å²) in [7, 11) is 0. The van der Waals surface area contributed by atoms with E-state index < -0.39 is 0 Å². The van der Waals surface area contributed by atoms with Crippen LogP contribution in [0.15, 0.2) is 53.6 Å². The van der Waals surface area contributed by atoms with Gasteiger partial charge in [0, 0.05) is 11.1 Å². The Balaban J connectivity index is 1.92. The van der Waals surface area contributed by atoms with Crippen LogP contribution in [0, 0.1) is 19.7 Å². The van der Waals surface area contributed by atoms with Gasteiger partial charge >= 0.3 is 0 Å². The molecule has 0 atom stereocenters. The van der Waals surface area contributed by atoms with Crippen molar-refractivity contribution in [3.05, 3.63) is 71.2 Å². The Bertz CT molecular complexity index is 856. The van der Waals surface area contributed by atoms with Crippen LogP contribution in [0.25, 0.3) is 10.9 Å². The van der Waals surface area contributed by atoms with Crippen LogP contribution in [-0.2, 0) is 0 Å². The lowest BCUT2D eigenvalue weighted by Crippen LogP contribution is -1.96. The van der Waals surface area contributed by atoms with Crippen LogP contribution in [0.3, 0.4) is 0 Å². The van der Waals surface area contributed by atoms with Crippen molar-refractivity contribution in [2.75, 3.05) is 5.43 Å². The molecule has 0 radical (unpaired) electrons. The first-order chi connectivity index (χ1) is 10.6. The van der Waals surface area contributed by atoms with Gasteiger partial charge in [-0.3, -0.25) is 10.4 Å². The van der Waals surface area contributed by atoms with Gasteiger partial charge in [0.05, 0.1) is 17.4 Å². The molecule has 0 bridgehead atoms. The molecular weight excluding hydrogens is 277 g/mol. The summed E-state index contributed by atoms with van der Waals surface area (Å²) in [5, 5.41) is 5.22. The van der Waals surface area contributed by atoms with E-state index in [0.717, 1.165) is 27.8 Å². The molecule has 2 aromatic carbocycles. The van der Waals surface area contributed by atoms with Crippen LogP contribution in [-0.4, -0.2) is 11.2 Å². The molecule has 1 N–H and O–H groups in total. The lowest BCUT2D eigenvalue weighted by atomic mass is 10.1. The number of aromatic nitrogens is 1. The number of para-hydroxylation sites is 1. The molecule has 0 aliphatic carbocycles. The maximum absolute atomic E-state index is 13.1. The fraction of sp³-hybridized carbons (Fsp3) is 0.111. The molecule has 1 aromatic heterocycles. The molecule has 3 aromatic rings. The van der Waals surface area contributed by atoms with Gasteiger partial charge in [0.15, 0.2) is 0 Å². The van der Waals surface area contributed by atoms with Crippen molar-refractivity contribution in [3.63, 3.8) is 0 Å². The smallest absolute Gasteiger partial charge is 0.123 e. The van der Waals surface area contributed by atoms with Crippen LogP contribution in [0.4, 0.5) is 10.1 Å². The molecule has 0 saturated heterocycles. The van der Waals surface area contributed by atoms with Crippen LogP contribution < -0.4 is 5.43 Å². The fourth-order valence-electron chi connectivity index (χ4n) is 2.38. The van der Waals surface area contributed by atoms with Crippen molar-refractivity contribution >= 4 is 22.8 Å². The fourth-order valence-corrected chi connectivity index (χ4v) is 2.38. The zero-order valence-corrected chi connectivity index (χ0v) is 12.5. The highest BCUT2D eigenvalue weighted by Gasteiger charge is 2.05. The lowest BCUT2D eigenvalue weighted by Gasteiger charge is -2.08. The van der Waals surface area contributed by atoms with Gasteiger partial charge in [-0.05, 0) is 43.2 Å². The highest BCUT2D eigenvalue weighted by atomic mass is 19.1. The predicted molar refractivity (Wildman–Crippen MR) is 88.8 cm³/mol. The van der Waals surface area contributed by atoms with Crippen LogP contribution >= 0.6 is 0 Å². The largest absolute Gasteiger partial charge is 0.278 e. The third-order valence-electron chi connectivity index (χ3n) is 3.42. The minimum Gasteiger partial charge on any atom is -0.278 e. The number of anilines is 1. The van der Waals surface area contributed by atoms with Crippen molar-refractivity contribution in [1.82, 2.24) is 4.98 Å². The molecule has 0 aliphatic heterocycles. The van der Waals surface area contributed by atoms with Crippen molar-refractivity contribution in [2.45, 2.75) is 13.8 Å². The Hall–Kier alpha value is -2.75. The summed E-state index contributed by atoms with van der Waals surface area (Å²) in [6, 6.07) is 14.3. The molecule has 110 valence electrons. The summed E-state index contributed by atoms with van der Waals surface area (Å²) in [5.41, 5.74) is 7.63. The van der Waals surface area contributed by atoms with E-state index in [0.29, 0.717) is 5.56 Å². The van der Waals surface area contributed by atoms with Crippen LogP contribution in [0.5, 0.6) is 0 Å². The predicted octanol–water partition coefficient (Wildman–Crippen LogP) is 4.44. The van der Waals surface area contributed by atoms with E-state index in [1.54, 1.807) is 18.3 Å². The van der Waals surface area contributed by atoms with Gasteiger partial charge in [-0.25, -0.2) is 4.39 Å². The Labute approximate surface area is 128 Å². The van der Waals surface area contributed by atoms with Crippen molar-refractivity contribution < 1.29 is 4.39 Å². The minimum atomic E-state index is -0.273. The summed E-state index contributed by atoms with van der Waals surface area (Å²) in [6.07, 6.45) is 1.60. The normalized spacial score (nSPS) is 11.2. The second-order valence-corrected chi connectivity index (χ2v) is 5.21. The Morgan fingerprint density at radius 1 is 1.09 bits per heavy atom. The number of nitrogens with zero attached hydrogens (tertiary/aromatic N) is 2. The summed E-state index contributed by atoms with van der Waals surface area (Å²) >= 11 is 0. The standard InChI is InChI=1S/C18H16FN3/c1-12-5-3-8-16-17(9-13(2)21-18(12)16)22-20-11-14-6-4-7-15(19)10-14/h3-11H,1-2H3,(H,21,22)/b20-11+. The molecular formula is C18H16FN3. The van der Waals surface area contributed by atoms with E-state index >= 15 is 0 Å². The number of aryl methyl sites for hydroxylation is 2. The summed E-state index contributed by atoms with van der Waals surface area (Å²) in [4.78, 5) is 4.57. The van der Waals surface area contributed by atoms with Gasteiger partial charge in [-0.2, -0.15) is 5.10 Å². The molecule has 3 nitrogen and oxygen atoms in total. The summed E-state index contributed by atoms with van der Waals surface area (Å²) in [5.74, 6) is -0.273. The monoisotopic (exact) mass is 293 g/mol. The molecule has 4 heteroatoms. The second-order valence-electron chi connectivity index (χ2n) is 5.21. The maximum Gasteiger partial charge on any atom is 0.123 e. The molecule has 0 spiro atoms. The molecule has 0 aliphatic rings. The zero-order chi connectivity index (χ0) is 15.5. The average molecular weight is 293 g/mol. The van der Waals surface area contributed by atoms with Gasteiger partial charge in [0.25, 0.3) is 0 Å². The number of benzene rings is 2. The quantitative estimate of drug-likeness (QED) is 0.572. The lowest BCUT2D eigenvalue weighted by molar-refractivity contribution is 0.627. The molecule has 0 saturated carbocycles. The van der Waals surface area contributed by atoms with Gasteiger partial charge in [0.1, 0.15) is 5.82 Å². The van der Waals surface area contributed by atoms with Gasteiger partial charge in [-0.1, -0.05) is 30.3 Å². The number of rotatable bonds is 3. The van der Waals surface area contributed by atoms with E-state index in [2.05, 4.69) is 15.5 Å². The number of halogens is 1. The first-order valence-corrected chi connectivity index (χ1v) is 7.05. The number of fused-ring (bicyclic) bond motifs is 1. The van der Waals surface area contributed by atoms with E-state index in [1.165, 1.54) is 12.1 Å². The summed E-state index contributed by atoms with van der Waals surface area (Å²) < 4.78 is 13.1. The van der Waals surface area contributed by atoms with E-state index in [4.69, 9.17) is 0 Å². The van der Waals surface area contributed by atoms with E-state index in [9.17, 15) is 4.39 Å². The van der Waals surface area contributed by atoms with Crippen molar-refractivity contribution in [3.8, 4) is 0 Å². The Morgan fingerprint density at radius 3 is 2.73 bits per heavy atom. The first-order valence-electron chi connectivity index (χ1n) is 7.05. The minimum absolute atomic E-state index is 0.273. The first kappa shape index (κ1) is 14.2. The SMILES string of the molecule is Cc1cc(N/N=C/c2cccc(F)c2)c2cccc(C)c2n1. The third-order valence-corrected chi connectivity index (χ3v) is 3.42. The molecule has 0 amide bonds. The number of hydrogen-bond donors (Lipinski definition) is 1. The van der Waals surface area contributed by atoms with E-state index in [-0.39, 0.29) is 5.82 Å². The Morgan fingerprint density at radius 2 is 1.91 bits per heavy atom. The highest BCUT2D eigenvalue weighted by Crippen LogP contribution is 2.25. The number of hydrogen-bond acceptors (Lipinski definition) is 3. The van der Waals surface area contributed by atoms with Crippen molar-refractivity contribution in [2.24, 2.45) is 5.10 Å². The van der Waals surface area contributed by atoms with Gasteiger partial charge in [0.2, 0.25) is 0 Å². The average Bonchev–Trinajstić information content (AvgIpc) is 2.48. The van der Waals surface area contributed by atoms with E-state index in [1.807, 2.05) is 38.1 Å². The number of nitrogens with one attached hydrogen (secondary N) is 1. The summed E-state index contributed by atoms with van der Waals surface area (Å²) in [6.45, 7) is 3.99. The third kappa shape index (κ3) is 2.96. The van der Waals surface area contributed by atoms with Gasteiger partial charge in [-0.15, -0.1) is 0 Å². The highest BCUT2D eigenvalue weighted by molar-refractivity contribution is 5.93. The molecule has 3 rings (SSSR count). The van der Waals surface area contributed by atoms with Crippen LogP contribution in [0.2, 0.25) is 0 Å². The number of hydrazone groups is 1.